The van der Waals surface area contributed by atoms with Gasteiger partial charge in [0.05, 0.1) is 20.2 Å². The molecule has 0 bridgehead atoms. The molecule has 1 atom stereocenters. The van der Waals surface area contributed by atoms with E-state index in [-0.39, 0.29) is 11.8 Å². The minimum absolute atomic E-state index is 0.280. The van der Waals surface area contributed by atoms with Gasteiger partial charge in [-0.15, -0.1) is 11.3 Å². The summed E-state index contributed by atoms with van der Waals surface area (Å²) >= 11 is 8.05. The summed E-state index contributed by atoms with van der Waals surface area (Å²) < 4.78 is 6.29. The minimum atomic E-state index is -0.622. The van der Waals surface area contributed by atoms with E-state index in [0.29, 0.717) is 12.0 Å². The Balaban J connectivity index is 2.81. The highest BCUT2D eigenvalue weighted by Gasteiger charge is 2.24. The summed E-state index contributed by atoms with van der Waals surface area (Å²) in [7, 11) is 1.32. The van der Waals surface area contributed by atoms with Gasteiger partial charge in [0.15, 0.2) is 0 Å². The molecule has 106 valence electrons. The van der Waals surface area contributed by atoms with Gasteiger partial charge in [0, 0.05) is 0 Å². The molecule has 1 aromatic rings. The molecule has 0 aromatic carbocycles. The molecule has 0 unspecified atom stereocenters. The number of rotatable bonds is 5. The van der Waals surface area contributed by atoms with Crippen LogP contribution in [0.4, 0.5) is 0 Å². The largest absolute Gasteiger partial charge is 0.467 e. The van der Waals surface area contributed by atoms with Crippen molar-refractivity contribution in [3.05, 3.63) is 19.2 Å². The lowest BCUT2D eigenvalue weighted by Crippen LogP contribution is -2.42. The van der Waals surface area contributed by atoms with Gasteiger partial charge in [-0.2, -0.15) is 0 Å². The fourth-order valence-electron chi connectivity index (χ4n) is 1.56. The molecule has 0 saturated carbocycles. The van der Waals surface area contributed by atoms with Crippen LogP contribution in [-0.4, -0.2) is 25.0 Å². The molecule has 0 aliphatic carbocycles. The standard InChI is InChI=1S/C12H15Br2NO3S/c1-6(2)4-8(12(17)18-3)15-11(16)7-5-9(13)19-10(7)14/h5-6,8H,4H2,1-3H3,(H,15,16)/t8-/m0/s1. The molecule has 19 heavy (non-hydrogen) atoms. The first-order valence-electron chi connectivity index (χ1n) is 5.68. The van der Waals surface area contributed by atoms with Crippen LogP contribution in [0.1, 0.15) is 30.6 Å². The van der Waals surface area contributed by atoms with Crippen LogP contribution in [-0.2, 0) is 9.53 Å². The first kappa shape index (κ1) is 16.7. The van der Waals surface area contributed by atoms with Crippen LogP contribution < -0.4 is 5.32 Å². The fraction of sp³-hybridized carbons (Fsp3) is 0.500. The average Bonchev–Trinajstić information content (AvgIpc) is 2.66. The Bertz CT molecular complexity index is 474. The number of carbonyl (C=O) groups excluding carboxylic acids is 2. The molecular formula is C12H15Br2NO3S. The summed E-state index contributed by atoms with van der Waals surface area (Å²) in [6, 6.07) is 1.09. The van der Waals surface area contributed by atoms with Gasteiger partial charge < -0.3 is 10.1 Å². The monoisotopic (exact) mass is 411 g/mol. The summed E-state index contributed by atoms with van der Waals surface area (Å²) in [5.41, 5.74) is 0.509. The number of amides is 1. The van der Waals surface area contributed by atoms with Gasteiger partial charge in [-0.3, -0.25) is 4.79 Å². The lowest BCUT2D eigenvalue weighted by Gasteiger charge is -2.18. The van der Waals surface area contributed by atoms with Gasteiger partial charge in [-0.05, 0) is 50.3 Å². The van der Waals surface area contributed by atoms with E-state index < -0.39 is 12.0 Å². The van der Waals surface area contributed by atoms with Crippen LogP contribution in [0.3, 0.4) is 0 Å². The number of hydrogen-bond acceptors (Lipinski definition) is 4. The molecule has 0 spiro atoms. The number of hydrogen-bond donors (Lipinski definition) is 1. The first-order chi connectivity index (χ1) is 8.85. The second-order valence-corrected chi connectivity index (χ2v) is 8.17. The van der Waals surface area contributed by atoms with Crippen LogP contribution in [0, 0.1) is 5.92 Å². The van der Waals surface area contributed by atoms with Crippen molar-refractivity contribution >= 4 is 55.1 Å². The maximum absolute atomic E-state index is 12.1. The van der Waals surface area contributed by atoms with E-state index in [1.165, 1.54) is 18.4 Å². The zero-order valence-corrected chi connectivity index (χ0v) is 14.8. The van der Waals surface area contributed by atoms with Crippen molar-refractivity contribution in [2.24, 2.45) is 5.92 Å². The highest BCUT2D eigenvalue weighted by Crippen LogP contribution is 2.31. The molecular weight excluding hydrogens is 398 g/mol. The molecule has 0 aliphatic rings. The highest BCUT2D eigenvalue weighted by molar-refractivity contribution is 9.12. The molecule has 1 rings (SSSR count). The van der Waals surface area contributed by atoms with E-state index >= 15 is 0 Å². The number of methoxy groups -OCH3 is 1. The van der Waals surface area contributed by atoms with Gasteiger partial charge in [0.2, 0.25) is 0 Å². The van der Waals surface area contributed by atoms with Crippen molar-refractivity contribution in [1.29, 1.82) is 0 Å². The lowest BCUT2D eigenvalue weighted by molar-refractivity contribution is -0.143. The minimum Gasteiger partial charge on any atom is -0.467 e. The summed E-state index contributed by atoms with van der Waals surface area (Å²) in [6.45, 7) is 3.97. The predicted octanol–water partition coefficient (Wildman–Crippen LogP) is 3.59. The molecule has 1 aromatic heterocycles. The Kier molecular flexibility index (Phi) is 6.49. The van der Waals surface area contributed by atoms with Crippen molar-refractivity contribution < 1.29 is 14.3 Å². The number of carbonyl (C=O) groups is 2. The van der Waals surface area contributed by atoms with E-state index in [4.69, 9.17) is 4.74 Å². The predicted molar refractivity (Wildman–Crippen MR) is 82.4 cm³/mol. The normalized spacial score (nSPS) is 12.3. The van der Waals surface area contributed by atoms with E-state index in [1.54, 1.807) is 6.07 Å². The maximum Gasteiger partial charge on any atom is 0.328 e. The first-order valence-corrected chi connectivity index (χ1v) is 8.09. The number of ether oxygens (including phenoxy) is 1. The third kappa shape index (κ3) is 4.89. The molecule has 1 heterocycles. The summed E-state index contributed by atoms with van der Waals surface area (Å²) in [6.07, 6.45) is 0.543. The van der Waals surface area contributed by atoms with Gasteiger partial charge in [-0.1, -0.05) is 13.8 Å². The SMILES string of the molecule is COC(=O)[C@H](CC(C)C)NC(=O)c1cc(Br)sc1Br. The maximum atomic E-state index is 12.1. The smallest absolute Gasteiger partial charge is 0.328 e. The van der Waals surface area contributed by atoms with E-state index in [9.17, 15) is 9.59 Å². The fourth-order valence-corrected chi connectivity index (χ4v) is 4.35. The van der Waals surface area contributed by atoms with Crippen LogP contribution in [0.25, 0.3) is 0 Å². The highest BCUT2D eigenvalue weighted by atomic mass is 79.9. The Morgan fingerprint density at radius 2 is 2.05 bits per heavy atom. The summed E-state index contributed by atoms with van der Waals surface area (Å²) in [5.74, 6) is -0.431. The molecule has 0 aliphatic heterocycles. The number of thiophene rings is 1. The second kappa shape index (κ2) is 7.40. The van der Waals surface area contributed by atoms with Crippen molar-refractivity contribution in [2.45, 2.75) is 26.3 Å². The molecule has 0 saturated heterocycles. The molecule has 4 nitrogen and oxygen atoms in total. The lowest BCUT2D eigenvalue weighted by atomic mass is 10.0. The number of nitrogens with one attached hydrogen (secondary N) is 1. The van der Waals surface area contributed by atoms with Crippen LogP contribution in [0.5, 0.6) is 0 Å². The van der Waals surface area contributed by atoms with Crippen LogP contribution >= 0.6 is 43.2 Å². The van der Waals surface area contributed by atoms with Crippen molar-refractivity contribution in [3.8, 4) is 0 Å². The Morgan fingerprint density at radius 1 is 1.42 bits per heavy atom. The van der Waals surface area contributed by atoms with Crippen molar-refractivity contribution in [2.75, 3.05) is 7.11 Å². The van der Waals surface area contributed by atoms with Gasteiger partial charge in [-0.25, -0.2) is 4.79 Å². The average molecular weight is 413 g/mol. The zero-order valence-electron chi connectivity index (χ0n) is 10.8. The quantitative estimate of drug-likeness (QED) is 0.751. The van der Waals surface area contributed by atoms with Crippen LogP contribution in [0.2, 0.25) is 0 Å². The van der Waals surface area contributed by atoms with E-state index in [1.807, 2.05) is 13.8 Å². The zero-order chi connectivity index (χ0) is 14.6. The summed E-state index contributed by atoms with van der Waals surface area (Å²) in [4.78, 5) is 23.8. The molecule has 1 N–H and O–H groups in total. The molecule has 1 amide bonds. The topological polar surface area (TPSA) is 55.4 Å². The van der Waals surface area contributed by atoms with Gasteiger partial charge in [0.1, 0.15) is 6.04 Å². The van der Waals surface area contributed by atoms with Crippen LogP contribution in [0.15, 0.2) is 13.6 Å². The van der Waals surface area contributed by atoms with Gasteiger partial charge in [0.25, 0.3) is 5.91 Å². The molecule has 0 radical (unpaired) electrons. The Morgan fingerprint density at radius 3 is 2.47 bits per heavy atom. The third-order valence-corrected chi connectivity index (χ3v) is 4.74. The number of halogens is 2. The molecule has 7 heteroatoms. The third-order valence-electron chi connectivity index (χ3n) is 2.40. The second-order valence-electron chi connectivity index (χ2n) is 4.42. The van der Waals surface area contributed by atoms with Gasteiger partial charge >= 0.3 is 5.97 Å². The van der Waals surface area contributed by atoms with Crippen molar-refractivity contribution in [3.63, 3.8) is 0 Å². The number of esters is 1. The van der Waals surface area contributed by atoms with Crippen molar-refractivity contribution in [1.82, 2.24) is 5.32 Å². The summed E-state index contributed by atoms with van der Waals surface area (Å²) in [5, 5.41) is 2.71. The Hall–Kier alpha value is -0.400. The Labute approximate surface area is 133 Å². The molecule has 0 fully saturated rings. The van der Waals surface area contributed by atoms with E-state index in [0.717, 1.165) is 7.57 Å². The van der Waals surface area contributed by atoms with E-state index in [2.05, 4.69) is 37.2 Å².